The van der Waals surface area contributed by atoms with Gasteiger partial charge in [0, 0.05) is 28.9 Å². The Balaban J connectivity index is 1.85. The topological polar surface area (TPSA) is 96.5 Å². The van der Waals surface area contributed by atoms with Gasteiger partial charge in [-0.25, -0.2) is 4.79 Å². The van der Waals surface area contributed by atoms with Crippen molar-refractivity contribution in [1.29, 1.82) is 0 Å². The highest BCUT2D eigenvalue weighted by atomic mass is 35.5. The molecule has 27 heavy (non-hydrogen) atoms. The number of benzene rings is 1. The lowest BCUT2D eigenvalue weighted by Crippen LogP contribution is -2.43. The lowest BCUT2D eigenvalue weighted by molar-refractivity contribution is -0.145. The fraction of sp³-hybridized carbons (Fsp3) is 0.389. The van der Waals surface area contributed by atoms with Gasteiger partial charge < -0.3 is 10.1 Å². The summed E-state index contributed by atoms with van der Waals surface area (Å²) in [6, 6.07) is 5.29. The van der Waals surface area contributed by atoms with E-state index in [1.54, 1.807) is 12.1 Å². The predicted octanol–water partition coefficient (Wildman–Crippen LogP) is 2.44. The van der Waals surface area contributed by atoms with Gasteiger partial charge in [-0.2, -0.15) is 0 Å². The number of halogens is 2. The molecule has 7 nitrogen and oxygen atoms in total. The molecule has 1 aliphatic heterocycles. The van der Waals surface area contributed by atoms with Gasteiger partial charge >= 0.3 is 5.97 Å². The quantitative estimate of drug-likeness (QED) is 0.568. The monoisotopic (exact) mass is 413 g/mol. The van der Waals surface area contributed by atoms with Crippen molar-refractivity contribution < 1.29 is 19.1 Å². The molecular weight excluding hydrogens is 393 g/mol. The van der Waals surface area contributed by atoms with E-state index in [-0.39, 0.29) is 23.9 Å². The molecule has 0 radical (unpaired) electrons. The first-order valence-corrected chi connectivity index (χ1v) is 9.30. The lowest BCUT2D eigenvalue weighted by atomic mass is 9.94. The summed E-state index contributed by atoms with van der Waals surface area (Å²) >= 11 is 12.2. The van der Waals surface area contributed by atoms with Crippen molar-refractivity contribution in [3.8, 4) is 0 Å². The third kappa shape index (κ3) is 6.45. The first-order chi connectivity index (χ1) is 12.9. The van der Waals surface area contributed by atoms with Crippen LogP contribution >= 0.6 is 23.2 Å². The fourth-order valence-corrected chi connectivity index (χ4v) is 3.18. The Morgan fingerprint density at radius 3 is 2.70 bits per heavy atom. The number of carbonyl (C=O) groups is 3. The van der Waals surface area contributed by atoms with E-state index in [4.69, 9.17) is 27.9 Å². The molecule has 1 atom stereocenters. The SMILES string of the molecule is CCC[C@@H](CNC(=O)COC(=O)C1=CCC(=O)NN1)c1ccc(Cl)cc1Cl. The molecule has 1 aromatic rings. The summed E-state index contributed by atoms with van der Waals surface area (Å²) in [5, 5.41) is 3.86. The molecule has 0 saturated carbocycles. The van der Waals surface area contributed by atoms with Crippen LogP contribution in [0.5, 0.6) is 0 Å². The van der Waals surface area contributed by atoms with Crippen molar-refractivity contribution in [2.45, 2.75) is 32.1 Å². The first-order valence-electron chi connectivity index (χ1n) is 8.54. The molecule has 0 fully saturated rings. The molecule has 0 aliphatic carbocycles. The van der Waals surface area contributed by atoms with E-state index in [0.29, 0.717) is 16.6 Å². The van der Waals surface area contributed by atoms with Crippen molar-refractivity contribution in [2.75, 3.05) is 13.2 Å². The van der Waals surface area contributed by atoms with E-state index in [0.717, 1.165) is 18.4 Å². The van der Waals surface area contributed by atoms with Gasteiger partial charge in [0.1, 0.15) is 5.70 Å². The maximum Gasteiger partial charge on any atom is 0.356 e. The standard InChI is InChI=1S/C18H21Cl2N3O4/c1-2-3-11(13-5-4-12(19)8-14(13)20)9-21-17(25)10-27-18(26)15-6-7-16(24)23-22-15/h4-6,8,11,22H,2-3,7,9-10H2,1H3,(H,21,25)(H,23,24)/t11-/m0/s1. The molecule has 0 bridgehead atoms. The van der Waals surface area contributed by atoms with Crippen LogP contribution < -0.4 is 16.2 Å². The van der Waals surface area contributed by atoms with Crippen LogP contribution in [0.2, 0.25) is 10.0 Å². The molecule has 2 amide bonds. The van der Waals surface area contributed by atoms with Gasteiger partial charge in [0.2, 0.25) is 5.91 Å². The molecule has 146 valence electrons. The van der Waals surface area contributed by atoms with Crippen molar-refractivity contribution in [3.05, 3.63) is 45.6 Å². The Morgan fingerprint density at radius 1 is 1.30 bits per heavy atom. The van der Waals surface area contributed by atoms with Crippen LogP contribution in [0.1, 0.15) is 37.7 Å². The summed E-state index contributed by atoms with van der Waals surface area (Å²) in [5.74, 6) is -1.37. The van der Waals surface area contributed by atoms with E-state index >= 15 is 0 Å². The van der Waals surface area contributed by atoms with Gasteiger partial charge in [0.15, 0.2) is 6.61 Å². The van der Waals surface area contributed by atoms with E-state index in [1.165, 1.54) is 6.08 Å². The highest BCUT2D eigenvalue weighted by molar-refractivity contribution is 6.35. The number of hydrogen-bond donors (Lipinski definition) is 3. The zero-order valence-corrected chi connectivity index (χ0v) is 16.3. The van der Waals surface area contributed by atoms with E-state index in [9.17, 15) is 14.4 Å². The number of carbonyl (C=O) groups excluding carboxylic acids is 3. The average Bonchev–Trinajstić information content (AvgIpc) is 2.64. The molecule has 0 aromatic heterocycles. The highest BCUT2D eigenvalue weighted by Crippen LogP contribution is 2.30. The number of nitrogens with one attached hydrogen (secondary N) is 3. The number of rotatable bonds is 8. The minimum atomic E-state index is -0.712. The average molecular weight is 414 g/mol. The van der Waals surface area contributed by atoms with Crippen molar-refractivity contribution in [1.82, 2.24) is 16.2 Å². The van der Waals surface area contributed by atoms with Crippen LogP contribution in [0.4, 0.5) is 0 Å². The maximum atomic E-state index is 12.0. The Labute approximate surface area is 167 Å². The van der Waals surface area contributed by atoms with E-state index in [1.807, 2.05) is 13.0 Å². The summed E-state index contributed by atoms with van der Waals surface area (Å²) in [5.41, 5.74) is 5.73. The van der Waals surface area contributed by atoms with Crippen molar-refractivity contribution in [2.24, 2.45) is 0 Å². The summed E-state index contributed by atoms with van der Waals surface area (Å²) in [7, 11) is 0. The van der Waals surface area contributed by atoms with Crippen LogP contribution in [0.25, 0.3) is 0 Å². The first kappa shape index (κ1) is 21.1. The normalized spacial score (nSPS) is 14.5. The molecule has 0 saturated heterocycles. The second-order valence-corrected chi connectivity index (χ2v) is 6.87. The van der Waals surface area contributed by atoms with Crippen molar-refractivity contribution in [3.63, 3.8) is 0 Å². The van der Waals surface area contributed by atoms with Gasteiger partial charge in [-0.15, -0.1) is 0 Å². The molecule has 9 heteroatoms. The highest BCUT2D eigenvalue weighted by Gasteiger charge is 2.19. The summed E-state index contributed by atoms with van der Waals surface area (Å²) in [6.07, 6.45) is 3.22. The zero-order chi connectivity index (χ0) is 19.8. The summed E-state index contributed by atoms with van der Waals surface area (Å²) in [6.45, 7) is 1.99. The molecule has 1 aromatic carbocycles. The molecule has 2 rings (SSSR count). The van der Waals surface area contributed by atoms with Gasteiger partial charge in [-0.1, -0.05) is 42.6 Å². The molecule has 0 spiro atoms. The zero-order valence-electron chi connectivity index (χ0n) is 14.8. The molecular formula is C18H21Cl2N3O4. The fourth-order valence-electron chi connectivity index (χ4n) is 2.61. The van der Waals surface area contributed by atoms with Crippen LogP contribution in [0.15, 0.2) is 30.0 Å². The van der Waals surface area contributed by atoms with Crippen LogP contribution in [0, 0.1) is 0 Å². The third-order valence-electron chi connectivity index (χ3n) is 3.97. The van der Waals surface area contributed by atoms with E-state index in [2.05, 4.69) is 16.2 Å². The maximum absolute atomic E-state index is 12.0. The van der Waals surface area contributed by atoms with Gasteiger partial charge in [0.25, 0.3) is 5.91 Å². The third-order valence-corrected chi connectivity index (χ3v) is 4.53. The number of amides is 2. The lowest BCUT2D eigenvalue weighted by Gasteiger charge is -2.19. The van der Waals surface area contributed by atoms with Crippen LogP contribution in [0.3, 0.4) is 0 Å². The minimum absolute atomic E-state index is 0.0253. The van der Waals surface area contributed by atoms with Gasteiger partial charge in [-0.05, 0) is 30.2 Å². The molecule has 1 heterocycles. The Kier molecular flexibility index (Phi) is 7.94. The summed E-state index contributed by atoms with van der Waals surface area (Å²) in [4.78, 5) is 34.9. The summed E-state index contributed by atoms with van der Waals surface area (Å²) < 4.78 is 4.94. The minimum Gasteiger partial charge on any atom is -0.451 e. The number of esters is 1. The molecule has 1 aliphatic rings. The van der Waals surface area contributed by atoms with Gasteiger partial charge in [-0.3, -0.25) is 20.4 Å². The second kappa shape index (κ2) is 10.2. The van der Waals surface area contributed by atoms with Crippen molar-refractivity contribution >= 4 is 41.0 Å². The molecule has 3 N–H and O–H groups in total. The van der Waals surface area contributed by atoms with E-state index < -0.39 is 18.5 Å². The Hall–Kier alpha value is -2.25. The smallest absolute Gasteiger partial charge is 0.356 e. The van der Waals surface area contributed by atoms with Crippen LogP contribution in [-0.4, -0.2) is 30.9 Å². The van der Waals surface area contributed by atoms with Crippen LogP contribution in [-0.2, 0) is 19.1 Å². The number of hydrazine groups is 1. The van der Waals surface area contributed by atoms with Gasteiger partial charge in [0.05, 0.1) is 0 Å². The molecule has 0 unspecified atom stereocenters. The predicted molar refractivity (Wildman–Crippen MR) is 102 cm³/mol. The second-order valence-electron chi connectivity index (χ2n) is 6.03. The Bertz CT molecular complexity index is 752. The number of hydrogen-bond acceptors (Lipinski definition) is 5. The number of ether oxygens (including phenoxy) is 1. The Morgan fingerprint density at radius 2 is 2.07 bits per heavy atom. The largest absolute Gasteiger partial charge is 0.451 e.